The van der Waals surface area contributed by atoms with Crippen LogP contribution in [0.5, 0.6) is 5.75 Å². The number of amides is 2. The smallest absolute Gasteiger partial charge is 0.262 e. The van der Waals surface area contributed by atoms with E-state index in [-0.39, 0.29) is 24.5 Å². The number of hydrogen-bond donors (Lipinski definition) is 3. The van der Waals surface area contributed by atoms with Crippen LogP contribution in [0.1, 0.15) is 19.8 Å². The monoisotopic (exact) mass is 293 g/mol. The Bertz CT molecular complexity index is 559. The lowest BCUT2D eigenvalue weighted by Gasteiger charge is -2.20. The average molecular weight is 293 g/mol. The maximum absolute atomic E-state index is 11.9. The number of methoxy groups -OCH3 is 1. The number of nitrogen functional groups attached to an aromatic ring is 1. The van der Waals surface area contributed by atoms with Crippen LogP contribution in [0.15, 0.2) is 12.1 Å². The molecule has 1 unspecified atom stereocenters. The van der Waals surface area contributed by atoms with Gasteiger partial charge >= 0.3 is 0 Å². The average Bonchev–Trinajstić information content (AvgIpc) is 2.46. The summed E-state index contributed by atoms with van der Waals surface area (Å²) in [4.78, 5) is 23.2. The molecule has 0 radical (unpaired) electrons. The van der Waals surface area contributed by atoms with Crippen molar-refractivity contribution >= 4 is 28.9 Å². The first kappa shape index (κ1) is 15.1. The summed E-state index contributed by atoms with van der Waals surface area (Å²) in [5.41, 5.74) is 7.22. The zero-order valence-corrected chi connectivity index (χ0v) is 12.1. The highest BCUT2D eigenvalue weighted by atomic mass is 16.5. The Morgan fingerprint density at radius 3 is 3.05 bits per heavy atom. The zero-order chi connectivity index (χ0) is 15.4. The van der Waals surface area contributed by atoms with Crippen molar-refractivity contribution in [3.8, 4) is 5.75 Å². The van der Waals surface area contributed by atoms with Crippen molar-refractivity contribution in [1.29, 1.82) is 0 Å². The van der Waals surface area contributed by atoms with E-state index >= 15 is 0 Å². The maximum Gasteiger partial charge on any atom is 0.262 e. The first-order valence-corrected chi connectivity index (χ1v) is 6.68. The van der Waals surface area contributed by atoms with E-state index in [1.807, 2.05) is 6.92 Å². The molecule has 21 heavy (non-hydrogen) atoms. The van der Waals surface area contributed by atoms with Crippen LogP contribution < -0.4 is 21.1 Å². The summed E-state index contributed by atoms with van der Waals surface area (Å²) in [6, 6.07) is 3.18. The number of benzene rings is 1. The highest BCUT2D eigenvalue weighted by Crippen LogP contribution is 2.35. The van der Waals surface area contributed by atoms with Crippen LogP contribution in [-0.2, 0) is 14.3 Å². The maximum atomic E-state index is 11.9. The molecular formula is C14H19N3O4. The molecule has 1 heterocycles. The van der Waals surface area contributed by atoms with Crippen molar-refractivity contribution in [2.24, 2.45) is 0 Å². The molecule has 0 fully saturated rings. The van der Waals surface area contributed by atoms with Crippen molar-refractivity contribution < 1.29 is 19.1 Å². The Hall–Kier alpha value is -2.28. The Balaban J connectivity index is 2.05. The minimum atomic E-state index is -0.238. The minimum Gasteiger partial charge on any atom is -0.482 e. The fourth-order valence-electron chi connectivity index (χ4n) is 1.92. The molecule has 114 valence electrons. The number of nitrogens with two attached hydrogens (primary N) is 1. The number of ether oxygens (including phenoxy) is 2. The molecule has 0 aromatic heterocycles. The summed E-state index contributed by atoms with van der Waals surface area (Å²) in [5.74, 6) is 0.102. The second-order valence-electron chi connectivity index (χ2n) is 4.91. The van der Waals surface area contributed by atoms with Gasteiger partial charge in [0, 0.05) is 19.6 Å². The Morgan fingerprint density at radius 1 is 1.57 bits per heavy atom. The highest BCUT2D eigenvalue weighted by molar-refractivity contribution is 6.00. The van der Waals surface area contributed by atoms with Gasteiger partial charge in [0.05, 0.1) is 23.2 Å². The summed E-state index contributed by atoms with van der Waals surface area (Å²) < 4.78 is 10.3. The molecular weight excluding hydrogens is 274 g/mol. The molecule has 1 atom stereocenters. The molecule has 1 aliphatic rings. The van der Waals surface area contributed by atoms with Crippen LogP contribution in [0.4, 0.5) is 17.1 Å². The Kier molecular flexibility index (Phi) is 4.64. The van der Waals surface area contributed by atoms with Gasteiger partial charge in [-0.2, -0.15) is 0 Å². The molecule has 1 aromatic rings. The number of carbonyl (C=O) groups is 2. The van der Waals surface area contributed by atoms with Gasteiger partial charge in [0.1, 0.15) is 5.75 Å². The van der Waals surface area contributed by atoms with E-state index in [1.165, 1.54) is 0 Å². The largest absolute Gasteiger partial charge is 0.482 e. The van der Waals surface area contributed by atoms with Crippen LogP contribution in [0.25, 0.3) is 0 Å². The number of rotatable bonds is 5. The van der Waals surface area contributed by atoms with Gasteiger partial charge in [-0.05, 0) is 19.4 Å². The van der Waals surface area contributed by atoms with Crippen LogP contribution in [0, 0.1) is 0 Å². The second-order valence-corrected chi connectivity index (χ2v) is 4.91. The lowest BCUT2D eigenvalue weighted by Crippen LogP contribution is -2.25. The van der Waals surface area contributed by atoms with Gasteiger partial charge in [0.15, 0.2) is 6.61 Å². The molecule has 0 spiro atoms. The van der Waals surface area contributed by atoms with Gasteiger partial charge in [-0.25, -0.2) is 0 Å². The number of carbonyl (C=O) groups excluding carboxylic acids is 2. The third-order valence-electron chi connectivity index (χ3n) is 3.24. The lowest BCUT2D eigenvalue weighted by atomic mass is 10.1. The lowest BCUT2D eigenvalue weighted by molar-refractivity contribution is -0.118. The van der Waals surface area contributed by atoms with E-state index in [0.717, 1.165) is 0 Å². The fourth-order valence-corrected chi connectivity index (χ4v) is 1.92. The Morgan fingerprint density at radius 2 is 2.33 bits per heavy atom. The summed E-state index contributed by atoms with van der Waals surface area (Å²) in [6.07, 6.45) is 0.964. The van der Waals surface area contributed by atoms with Crippen molar-refractivity contribution in [3.63, 3.8) is 0 Å². The fraction of sp³-hybridized carbons (Fsp3) is 0.429. The first-order valence-electron chi connectivity index (χ1n) is 6.68. The Labute approximate surface area is 122 Å². The molecule has 1 aliphatic heterocycles. The SMILES string of the molecule is COC(C)CCC(=O)Nc1cc2c(cc1N)OCC(=O)N2. The van der Waals surface area contributed by atoms with Gasteiger partial charge in [0.2, 0.25) is 5.91 Å². The molecule has 0 saturated carbocycles. The third kappa shape index (κ3) is 3.85. The van der Waals surface area contributed by atoms with Crippen molar-refractivity contribution in [2.45, 2.75) is 25.9 Å². The van der Waals surface area contributed by atoms with E-state index in [4.69, 9.17) is 15.2 Å². The van der Waals surface area contributed by atoms with Gasteiger partial charge in [-0.3, -0.25) is 9.59 Å². The highest BCUT2D eigenvalue weighted by Gasteiger charge is 2.18. The van der Waals surface area contributed by atoms with Gasteiger partial charge < -0.3 is 25.8 Å². The summed E-state index contributed by atoms with van der Waals surface area (Å²) >= 11 is 0. The van der Waals surface area contributed by atoms with Crippen LogP contribution >= 0.6 is 0 Å². The molecule has 4 N–H and O–H groups in total. The quantitative estimate of drug-likeness (QED) is 0.711. The van der Waals surface area contributed by atoms with E-state index in [1.54, 1.807) is 19.2 Å². The van der Waals surface area contributed by atoms with Gasteiger partial charge in [-0.15, -0.1) is 0 Å². The number of nitrogens with one attached hydrogen (secondary N) is 2. The third-order valence-corrected chi connectivity index (χ3v) is 3.24. The molecule has 7 nitrogen and oxygen atoms in total. The zero-order valence-electron chi connectivity index (χ0n) is 12.1. The standard InChI is InChI=1S/C14H19N3O4/c1-8(20-2)3-4-13(18)16-10-6-11-12(5-9(10)15)21-7-14(19)17-11/h5-6,8H,3-4,7,15H2,1-2H3,(H,16,18)(H,17,19). The van der Waals surface area contributed by atoms with E-state index in [2.05, 4.69) is 10.6 Å². The van der Waals surface area contributed by atoms with E-state index in [0.29, 0.717) is 35.7 Å². The van der Waals surface area contributed by atoms with Crippen LogP contribution in [0.2, 0.25) is 0 Å². The van der Waals surface area contributed by atoms with Gasteiger partial charge in [0.25, 0.3) is 5.91 Å². The second kappa shape index (κ2) is 6.45. The molecule has 0 saturated heterocycles. The summed E-state index contributed by atoms with van der Waals surface area (Å²) in [5, 5.41) is 5.40. The van der Waals surface area contributed by atoms with Crippen LogP contribution in [0.3, 0.4) is 0 Å². The summed E-state index contributed by atoms with van der Waals surface area (Å²) in [7, 11) is 1.60. The predicted octanol–water partition coefficient (Wildman–Crippen LogP) is 1.35. The molecule has 0 aliphatic carbocycles. The summed E-state index contributed by atoms with van der Waals surface area (Å²) in [6.45, 7) is 1.86. The molecule has 0 bridgehead atoms. The normalized spacial score (nSPS) is 14.7. The van der Waals surface area contributed by atoms with Gasteiger partial charge in [-0.1, -0.05) is 0 Å². The topological polar surface area (TPSA) is 103 Å². The van der Waals surface area contributed by atoms with Crippen molar-refractivity contribution in [3.05, 3.63) is 12.1 Å². The van der Waals surface area contributed by atoms with E-state index < -0.39 is 0 Å². The number of anilines is 3. The molecule has 2 rings (SSSR count). The van der Waals surface area contributed by atoms with Crippen LogP contribution in [-0.4, -0.2) is 31.6 Å². The molecule has 7 heteroatoms. The minimum absolute atomic E-state index is 0.0179. The number of hydrogen-bond acceptors (Lipinski definition) is 5. The van der Waals surface area contributed by atoms with Crippen molar-refractivity contribution in [1.82, 2.24) is 0 Å². The number of fused-ring (bicyclic) bond motifs is 1. The molecule has 2 amide bonds. The van der Waals surface area contributed by atoms with Crippen molar-refractivity contribution in [2.75, 3.05) is 30.1 Å². The molecule has 1 aromatic carbocycles. The van der Waals surface area contributed by atoms with E-state index in [9.17, 15) is 9.59 Å². The first-order chi connectivity index (χ1) is 9.99. The predicted molar refractivity (Wildman–Crippen MR) is 79.3 cm³/mol.